The van der Waals surface area contributed by atoms with Gasteiger partial charge in [-0.05, 0) is 51.1 Å². The number of hydrogen-bond acceptors (Lipinski definition) is 6. The zero-order valence-corrected chi connectivity index (χ0v) is 17.1. The third-order valence-corrected chi connectivity index (χ3v) is 3.87. The molecule has 158 valence electrons. The van der Waals surface area contributed by atoms with E-state index in [0.717, 1.165) is 6.07 Å². The van der Waals surface area contributed by atoms with Crippen molar-refractivity contribution in [3.63, 3.8) is 0 Å². The van der Waals surface area contributed by atoms with E-state index in [-0.39, 0.29) is 10.6 Å². The van der Waals surface area contributed by atoms with Gasteiger partial charge in [-0.25, -0.2) is 4.98 Å². The Labute approximate surface area is 176 Å². The molecule has 0 aliphatic carbocycles. The van der Waals surface area contributed by atoms with Gasteiger partial charge in [-0.3, -0.25) is 4.98 Å². The molecule has 0 atom stereocenters. The van der Waals surface area contributed by atoms with Crippen LogP contribution in [0.2, 0.25) is 5.02 Å². The third kappa shape index (κ3) is 6.21. The molecule has 0 aliphatic rings. The maximum absolute atomic E-state index is 12.4. The Morgan fingerprint density at radius 3 is 2.33 bits per heavy atom. The second-order valence-corrected chi connectivity index (χ2v) is 7.78. The minimum absolute atomic E-state index is 0.190. The second-order valence-electron chi connectivity index (χ2n) is 7.37. The fraction of sp³-hybridized carbons (Fsp3) is 0.250. The van der Waals surface area contributed by atoms with Gasteiger partial charge in [0.05, 0.1) is 16.4 Å². The molecule has 0 fully saturated rings. The first kappa shape index (κ1) is 21.6. The summed E-state index contributed by atoms with van der Waals surface area (Å²) in [4.78, 5) is 13.2. The lowest BCUT2D eigenvalue weighted by molar-refractivity contribution is -0.274. The number of benzene rings is 1. The number of pyridine rings is 1. The van der Waals surface area contributed by atoms with E-state index in [0.29, 0.717) is 28.8 Å². The number of hydrogen-bond donors (Lipinski definition) is 2. The first-order valence-electron chi connectivity index (χ1n) is 8.89. The molecule has 0 saturated heterocycles. The summed E-state index contributed by atoms with van der Waals surface area (Å²) in [6.45, 7) is 5.90. The second kappa shape index (κ2) is 8.35. The van der Waals surface area contributed by atoms with Crippen molar-refractivity contribution in [3.8, 4) is 17.1 Å². The maximum Gasteiger partial charge on any atom is 0.573 e. The predicted octanol–water partition coefficient (Wildman–Crippen LogP) is 6.04. The molecular weight excluding hydrogens is 419 g/mol. The maximum atomic E-state index is 12.4. The van der Waals surface area contributed by atoms with Crippen molar-refractivity contribution in [2.75, 3.05) is 10.6 Å². The fourth-order valence-corrected chi connectivity index (χ4v) is 2.70. The summed E-state index contributed by atoms with van der Waals surface area (Å²) in [5.41, 5.74) is 1.36. The summed E-state index contributed by atoms with van der Waals surface area (Å²) < 4.78 is 41.2. The molecule has 0 radical (unpaired) electrons. The van der Waals surface area contributed by atoms with Crippen LogP contribution < -0.4 is 15.4 Å². The smallest absolute Gasteiger partial charge is 0.404 e. The van der Waals surface area contributed by atoms with Crippen LogP contribution in [0.3, 0.4) is 0 Å². The fourth-order valence-electron chi connectivity index (χ4n) is 2.48. The summed E-state index contributed by atoms with van der Waals surface area (Å²) in [5, 5.41) is 6.04. The van der Waals surface area contributed by atoms with Crippen LogP contribution in [-0.2, 0) is 0 Å². The Hall–Kier alpha value is -3.07. The van der Waals surface area contributed by atoms with Crippen LogP contribution >= 0.6 is 11.6 Å². The van der Waals surface area contributed by atoms with Gasteiger partial charge >= 0.3 is 6.36 Å². The van der Waals surface area contributed by atoms with Gasteiger partial charge in [0.2, 0.25) is 5.95 Å². The topological polar surface area (TPSA) is 72.0 Å². The van der Waals surface area contributed by atoms with Crippen LogP contribution in [0.4, 0.5) is 30.6 Å². The van der Waals surface area contributed by atoms with E-state index in [9.17, 15) is 13.2 Å². The quantitative estimate of drug-likeness (QED) is 0.506. The molecule has 2 aromatic heterocycles. The van der Waals surface area contributed by atoms with E-state index in [1.165, 1.54) is 12.1 Å². The van der Waals surface area contributed by atoms with E-state index in [2.05, 4.69) is 30.3 Å². The molecule has 0 aliphatic heterocycles. The first-order chi connectivity index (χ1) is 14.0. The van der Waals surface area contributed by atoms with E-state index in [1.807, 2.05) is 32.9 Å². The molecule has 0 saturated carbocycles. The SMILES string of the molecule is CC(C)(C)Nc1nc(Nc2ccc(OC(F)(F)F)c(Cl)c2)cc(-c2ccccn2)n1. The molecule has 10 heteroatoms. The lowest BCUT2D eigenvalue weighted by Gasteiger charge is -2.21. The highest BCUT2D eigenvalue weighted by Crippen LogP contribution is 2.33. The van der Waals surface area contributed by atoms with Crippen LogP contribution in [0.5, 0.6) is 5.75 Å². The lowest BCUT2D eigenvalue weighted by atomic mass is 10.1. The van der Waals surface area contributed by atoms with Gasteiger partial charge in [-0.15, -0.1) is 13.2 Å². The van der Waals surface area contributed by atoms with E-state index in [1.54, 1.807) is 18.3 Å². The molecule has 2 N–H and O–H groups in total. The molecule has 1 aromatic carbocycles. The molecule has 0 spiro atoms. The lowest BCUT2D eigenvalue weighted by Crippen LogP contribution is -2.27. The average molecular weight is 438 g/mol. The number of anilines is 3. The van der Waals surface area contributed by atoms with Gasteiger partial charge in [0.1, 0.15) is 11.6 Å². The number of nitrogens with one attached hydrogen (secondary N) is 2. The number of nitrogens with zero attached hydrogens (tertiary/aromatic N) is 3. The van der Waals surface area contributed by atoms with Crippen molar-refractivity contribution in [3.05, 3.63) is 53.7 Å². The molecule has 2 heterocycles. The highest BCUT2D eigenvalue weighted by Gasteiger charge is 2.32. The van der Waals surface area contributed by atoms with Crippen LogP contribution in [0, 0.1) is 0 Å². The van der Waals surface area contributed by atoms with Gasteiger partial charge in [0, 0.05) is 23.5 Å². The summed E-state index contributed by atoms with van der Waals surface area (Å²) in [6.07, 6.45) is -3.17. The molecule has 0 unspecified atom stereocenters. The highest BCUT2D eigenvalue weighted by molar-refractivity contribution is 6.32. The minimum atomic E-state index is -4.82. The summed E-state index contributed by atoms with van der Waals surface area (Å²) in [6, 6.07) is 11.0. The van der Waals surface area contributed by atoms with Crippen LogP contribution in [-0.4, -0.2) is 26.9 Å². The first-order valence-corrected chi connectivity index (χ1v) is 9.27. The van der Waals surface area contributed by atoms with Crippen molar-refractivity contribution < 1.29 is 17.9 Å². The van der Waals surface area contributed by atoms with Crippen molar-refractivity contribution >= 4 is 29.1 Å². The van der Waals surface area contributed by atoms with Crippen molar-refractivity contribution in [1.82, 2.24) is 15.0 Å². The Kier molecular flexibility index (Phi) is 6.02. The predicted molar refractivity (Wildman–Crippen MR) is 110 cm³/mol. The molecule has 3 rings (SSSR count). The Bertz CT molecular complexity index is 1020. The van der Waals surface area contributed by atoms with Crippen LogP contribution in [0.1, 0.15) is 20.8 Å². The summed E-state index contributed by atoms with van der Waals surface area (Å²) in [7, 11) is 0. The number of rotatable bonds is 5. The average Bonchev–Trinajstić information content (AvgIpc) is 2.62. The number of aromatic nitrogens is 3. The summed E-state index contributed by atoms with van der Waals surface area (Å²) in [5.74, 6) is 0.302. The molecule has 0 amide bonds. The van der Waals surface area contributed by atoms with Gasteiger partial charge in [0.25, 0.3) is 0 Å². The van der Waals surface area contributed by atoms with E-state index >= 15 is 0 Å². The van der Waals surface area contributed by atoms with Gasteiger partial charge in [-0.2, -0.15) is 4.98 Å². The molecule has 3 aromatic rings. The van der Waals surface area contributed by atoms with Crippen LogP contribution in [0.15, 0.2) is 48.7 Å². The van der Waals surface area contributed by atoms with E-state index < -0.39 is 12.1 Å². The Morgan fingerprint density at radius 1 is 0.967 bits per heavy atom. The van der Waals surface area contributed by atoms with Gasteiger partial charge in [-0.1, -0.05) is 17.7 Å². The number of alkyl halides is 3. The Balaban J connectivity index is 1.93. The van der Waals surface area contributed by atoms with Gasteiger partial charge < -0.3 is 15.4 Å². The molecule has 6 nitrogen and oxygen atoms in total. The highest BCUT2D eigenvalue weighted by atomic mass is 35.5. The third-order valence-electron chi connectivity index (χ3n) is 3.57. The Morgan fingerprint density at radius 2 is 1.73 bits per heavy atom. The largest absolute Gasteiger partial charge is 0.573 e. The zero-order chi connectivity index (χ0) is 21.9. The van der Waals surface area contributed by atoms with E-state index in [4.69, 9.17) is 11.6 Å². The normalized spacial score (nSPS) is 11.8. The summed E-state index contributed by atoms with van der Waals surface area (Å²) >= 11 is 5.93. The van der Waals surface area contributed by atoms with Crippen LogP contribution in [0.25, 0.3) is 11.4 Å². The molecule has 0 bridgehead atoms. The minimum Gasteiger partial charge on any atom is -0.404 e. The van der Waals surface area contributed by atoms with Crippen molar-refractivity contribution in [2.24, 2.45) is 0 Å². The standard InChI is InChI=1S/C20H19ClF3N5O/c1-19(2,3)29-18-27-15(14-6-4-5-9-25-14)11-17(28-18)26-12-7-8-16(13(21)10-12)30-20(22,23)24/h4-11H,1-3H3,(H2,26,27,28,29). The van der Waals surface area contributed by atoms with Crippen molar-refractivity contribution in [1.29, 1.82) is 0 Å². The number of ether oxygens (including phenoxy) is 1. The molecular formula is C20H19ClF3N5O. The van der Waals surface area contributed by atoms with Crippen molar-refractivity contribution in [2.45, 2.75) is 32.7 Å². The number of halogens is 4. The zero-order valence-electron chi connectivity index (χ0n) is 16.4. The monoisotopic (exact) mass is 437 g/mol. The van der Waals surface area contributed by atoms with Gasteiger partial charge in [0.15, 0.2) is 0 Å². The molecule has 30 heavy (non-hydrogen) atoms.